The molecule has 0 aliphatic heterocycles. The molecule has 0 fully saturated rings. The summed E-state index contributed by atoms with van der Waals surface area (Å²) >= 11 is 1.70. The molecule has 0 aliphatic rings. The molecule has 0 atom stereocenters. The smallest absolute Gasteiger partial charge is 0.239 e. The zero-order valence-corrected chi connectivity index (χ0v) is 36.2. The first-order valence-electron chi connectivity index (χ1n) is 18.3. The second-order valence-electron chi connectivity index (χ2n) is 14.4. The van der Waals surface area contributed by atoms with Gasteiger partial charge in [-0.25, -0.2) is 13.8 Å². The van der Waals surface area contributed by atoms with E-state index in [1.807, 2.05) is 39.8 Å². The van der Waals surface area contributed by atoms with E-state index in [1.54, 1.807) is 17.7 Å². The summed E-state index contributed by atoms with van der Waals surface area (Å²) in [5.41, 5.74) is 7.14. The summed E-state index contributed by atoms with van der Waals surface area (Å²) in [7, 11) is -1.62. The number of carbonyl (C=O) groups excluding carboxylic acids is 1. The average Bonchev–Trinajstić information content (AvgIpc) is 3.43. The first kappa shape index (κ1) is 43.3. The molecule has 0 aliphatic carbocycles. The molecule has 0 unspecified atom stereocenters. The number of hydrogen-bond donors (Lipinski definition) is 1. The Morgan fingerprint density at radius 2 is 1.60 bits per heavy atom. The van der Waals surface area contributed by atoms with Gasteiger partial charge in [-0.3, -0.25) is 9.78 Å². The van der Waals surface area contributed by atoms with Gasteiger partial charge < -0.3 is 5.11 Å². The molecule has 2 heterocycles. The van der Waals surface area contributed by atoms with Crippen molar-refractivity contribution in [1.82, 2.24) is 9.97 Å². The van der Waals surface area contributed by atoms with Crippen molar-refractivity contribution < 1.29 is 38.8 Å². The SMILES string of the molecule is CCC(CC)C(=O)/C=C(\O)C(CC)CC.Cc1cc(CCC(F)F)ccc1-c1sc2c(-c3[c-]c4ccccc4c([Si](C)(C)C)c3)ncnc2c1C.[Ir]. The van der Waals surface area contributed by atoms with Crippen molar-refractivity contribution in [3.63, 3.8) is 0 Å². The standard InChI is InChI=1S/C30H29F2N2SSi.C13H24O2.Ir/c1-18-14-20(11-13-26(31)32)10-12-23(18)29-19(2)27-30(35-29)28(34-17-33-27)22-15-21-8-6-7-9-24(21)25(16-22)36(3,4)5;1-5-10(6-2)12(14)9-13(15)11(7-3)8-4;/h6-10,12,14,16-17,26H,11,13H2,1-5H3;9-11,14H,5-8H2,1-4H3;/q-1;;/b;12-9-;. The Balaban J connectivity index is 0.000000389. The minimum atomic E-state index is -2.28. The topological polar surface area (TPSA) is 63.1 Å². The van der Waals surface area contributed by atoms with Crippen LogP contribution in [-0.4, -0.2) is 35.4 Å². The molecule has 2 aromatic heterocycles. The van der Waals surface area contributed by atoms with E-state index >= 15 is 0 Å². The molecule has 281 valence electrons. The van der Waals surface area contributed by atoms with Crippen LogP contribution in [0.25, 0.3) is 42.7 Å². The van der Waals surface area contributed by atoms with Gasteiger partial charge in [-0.2, -0.15) is 0 Å². The molecule has 1 radical (unpaired) electrons. The number of thiophene rings is 1. The number of fused-ring (bicyclic) bond motifs is 2. The average molecular weight is 920 g/mol. The van der Waals surface area contributed by atoms with Crippen molar-refractivity contribution in [2.45, 2.75) is 106 Å². The van der Waals surface area contributed by atoms with E-state index < -0.39 is 14.5 Å². The molecule has 0 amide bonds. The summed E-state index contributed by atoms with van der Waals surface area (Å²) in [5.74, 6) is 0.547. The van der Waals surface area contributed by atoms with Crippen LogP contribution >= 0.6 is 11.3 Å². The summed E-state index contributed by atoms with van der Waals surface area (Å²) in [6, 6.07) is 20.5. The number of aromatic nitrogens is 2. The predicted molar refractivity (Wildman–Crippen MR) is 215 cm³/mol. The maximum absolute atomic E-state index is 12.7. The summed E-state index contributed by atoms with van der Waals surface area (Å²) in [6.45, 7) is 19.3. The van der Waals surface area contributed by atoms with Crippen molar-refractivity contribution in [3.05, 3.63) is 89.5 Å². The zero-order valence-electron chi connectivity index (χ0n) is 32.0. The maximum atomic E-state index is 12.7. The summed E-state index contributed by atoms with van der Waals surface area (Å²) in [5, 5.41) is 13.6. The molecule has 52 heavy (non-hydrogen) atoms. The Morgan fingerprint density at radius 3 is 2.19 bits per heavy atom. The maximum Gasteiger partial charge on any atom is 0.239 e. The van der Waals surface area contributed by atoms with Crippen LogP contribution in [0, 0.1) is 31.7 Å². The molecule has 0 saturated heterocycles. The normalized spacial score (nSPS) is 12.1. The Hall–Kier alpha value is -3.10. The second-order valence-corrected chi connectivity index (χ2v) is 20.5. The van der Waals surface area contributed by atoms with E-state index in [0.29, 0.717) is 6.42 Å². The Kier molecular flexibility index (Phi) is 16.1. The predicted octanol–water partition coefficient (Wildman–Crippen LogP) is 12.2. The van der Waals surface area contributed by atoms with Gasteiger partial charge >= 0.3 is 0 Å². The van der Waals surface area contributed by atoms with Gasteiger partial charge in [0.1, 0.15) is 6.33 Å². The molecule has 4 nitrogen and oxygen atoms in total. The van der Waals surface area contributed by atoms with Gasteiger partial charge in [-0.15, -0.1) is 40.1 Å². The monoisotopic (exact) mass is 920 g/mol. The number of carbonyl (C=O) groups is 1. The summed E-state index contributed by atoms with van der Waals surface area (Å²) in [6.07, 6.45) is 4.56. The number of aryl methyl sites for hydroxylation is 3. The molecular weight excluding hydrogens is 867 g/mol. The third-order valence-corrected chi connectivity index (χ3v) is 13.2. The number of hydrogen-bond acceptors (Lipinski definition) is 5. The van der Waals surface area contributed by atoms with Crippen LogP contribution in [0.3, 0.4) is 0 Å². The number of ketones is 1. The third-order valence-electron chi connectivity index (χ3n) is 9.81. The van der Waals surface area contributed by atoms with Crippen molar-refractivity contribution in [1.29, 1.82) is 0 Å². The Labute approximate surface area is 327 Å². The minimum absolute atomic E-state index is 0. The van der Waals surface area contributed by atoms with Crippen molar-refractivity contribution >= 4 is 51.4 Å². The number of aliphatic hydroxyl groups is 1. The Morgan fingerprint density at radius 1 is 0.942 bits per heavy atom. The summed E-state index contributed by atoms with van der Waals surface area (Å²) in [4.78, 5) is 22.3. The third kappa shape index (κ3) is 10.3. The van der Waals surface area contributed by atoms with Crippen LogP contribution in [0.1, 0.15) is 76.5 Å². The van der Waals surface area contributed by atoms with Crippen LogP contribution in [-0.2, 0) is 31.3 Å². The first-order chi connectivity index (χ1) is 24.2. The number of nitrogens with zero attached hydrogens (tertiary/aromatic N) is 2. The van der Waals surface area contributed by atoms with Gasteiger partial charge in [0.2, 0.25) is 6.43 Å². The molecular formula is C43H53F2IrN2O2SSi-. The fourth-order valence-corrected chi connectivity index (χ4v) is 9.60. The van der Waals surface area contributed by atoms with Crippen LogP contribution < -0.4 is 5.19 Å². The quantitative estimate of drug-likeness (QED) is 0.0553. The van der Waals surface area contributed by atoms with Gasteiger partial charge in [-0.1, -0.05) is 94.7 Å². The van der Waals surface area contributed by atoms with Crippen LogP contribution in [0.2, 0.25) is 19.6 Å². The fraction of sp³-hybridized carbons (Fsp3) is 0.419. The van der Waals surface area contributed by atoms with Crippen LogP contribution in [0.4, 0.5) is 8.78 Å². The van der Waals surface area contributed by atoms with Crippen LogP contribution in [0.15, 0.2) is 66.7 Å². The van der Waals surface area contributed by atoms with E-state index in [1.165, 1.54) is 16.6 Å². The van der Waals surface area contributed by atoms with Gasteiger partial charge in [0.05, 0.1) is 19.3 Å². The number of benzene rings is 3. The van der Waals surface area contributed by atoms with E-state index in [0.717, 1.165) is 79.7 Å². The van der Waals surface area contributed by atoms with Crippen molar-refractivity contribution in [2.75, 3.05) is 0 Å². The number of allylic oxidation sites excluding steroid dienone is 2. The molecule has 0 spiro atoms. The van der Waals surface area contributed by atoms with E-state index in [4.69, 9.17) is 4.98 Å². The molecule has 0 saturated carbocycles. The van der Waals surface area contributed by atoms with Crippen molar-refractivity contribution in [3.8, 4) is 21.7 Å². The molecule has 0 bridgehead atoms. The van der Waals surface area contributed by atoms with Crippen LogP contribution in [0.5, 0.6) is 0 Å². The van der Waals surface area contributed by atoms with E-state index in [-0.39, 0.29) is 49.9 Å². The number of halogens is 2. The number of aliphatic hydroxyl groups excluding tert-OH is 1. The minimum Gasteiger partial charge on any atom is -0.512 e. The molecule has 5 rings (SSSR count). The van der Waals surface area contributed by atoms with E-state index in [9.17, 15) is 18.7 Å². The molecule has 3 aromatic carbocycles. The van der Waals surface area contributed by atoms with Crippen molar-refractivity contribution in [2.24, 2.45) is 11.8 Å². The zero-order chi connectivity index (χ0) is 37.5. The van der Waals surface area contributed by atoms with Gasteiger partial charge in [0.25, 0.3) is 0 Å². The second kappa shape index (κ2) is 19.3. The molecule has 1 N–H and O–H groups in total. The Bertz CT molecular complexity index is 2000. The number of alkyl halides is 2. The van der Waals surface area contributed by atoms with Gasteiger partial charge in [0.15, 0.2) is 5.78 Å². The summed E-state index contributed by atoms with van der Waals surface area (Å²) < 4.78 is 26.4. The number of rotatable bonds is 13. The molecule has 9 heteroatoms. The molecule has 5 aromatic rings. The van der Waals surface area contributed by atoms with E-state index in [2.05, 4.69) is 80.9 Å². The first-order valence-corrected chi connectivity index (χ1v) is 22.6. The van der Waals surface area contributed by atoms with Gasteiger partial charge in [0, 0.05) is 59.7 Å². The largest absolute Gasteiger partial charge is 0.512 e. The van der Waals surface area contributed by atoms with Gasteiger partial charge in [-0.05, 0) is 68.2 Å². The fourth-order valence-electron chi connectivity index (χ4n) is 6.64.